The Labute approximate surface area is 227 Å². The molecule has 1 fully saturated rings. The van der Waals surface area contributed by atoms with E-state index in [-0.39, 0.29) is 22.7 Å². The molecule has 2 aromatic heterocycles. The zero-order chi connectivity index (χ0) is 27.0. The zero-order valence-corrected chi connectivity index (χ0v) is 22.5. The minimum Gasteiger partial charge on any atom is -0.496 e. The number of aromatic nitrogens is 2. The van der Waals surface area contributed by atoms with E-state index in [0.29, 0.717) is 16.5 Å². The number of anilines is 1. The van der Waals surface area contributed by atoms with Crippen molar-refractivity contribution in [1.82, 2.24) is 14.9 Å². The van der Waals surface area contributed by atoms with Gasteiger partial charge in [0, 0.05) is 23.3 Å². The van der Waals surface area contributed by atoms with E-state index < -0.39 is 0 Å². The summed E-state index contributed by atoms with van der Waals surface area (Å²) in [5, 5.41) is 16.1. The summed E-state index contributed by atoms with van der Waals surface area (Å²) in [7, 11) is 1.50. The Bertz CT molecular complexity index is 1500. The molecule has 3 heterocycles. The van der Waals surface area contributed by atoms with Gasteiger partial charge in [-0.25, -0.2) is 0 Å². The van der Waals surface area contributed by atoms with Gasteiger partial charge in [-0.3, -0.25) is 15.1 Å². The lowest BCUT2D eigenvalue weighted by Crippen LogP contribution is -2.29. The molecule has 0 spiro atoms. The van der Waals surface area contributed by atoms with Gasteiger partial charge in [-0.2, -0.15) is 0 Å². The fourth-order valence-electron chi connectivity index (χ4n) is 5.26. The fraction of sp³-hybridized carbons (Fsp3) is 0.241. The summed E-state index contributed by atoms with van der Waals surface area (Å²) in [5.74, 6) is 0.436. The molecule has 4 aromatic rings. The first-order valence-corrected chi connectivity index (χ1v) is 12.9. The second-order valence-electron chi connectivity index (χ2n) is 9.29. The Hall–Kier alpha value is -4.24. The fourth-order valence-corrected chi connectivity index (χ4v) is 5.61. The van der Waals surface area contributed by atoms with E-state index in [9.17, 15) is 10.1 Å². The molecule has 2 atom stereocenters. The summed E-state index contributed by atoms with van der Waals surface area (Å²) >= 11 is 5.87. The zero-order valence-electron chi connectivity index (χ0n) is 21.7. The highest BCUT2D eigenvalue weighted by molar-refractivity contribution is 7.80. The summed E-state index contributed by atoms with van der Waals surface area (Å²) < 4.78 is 7.18. The van der Waals surface area contributed by atoms with E-state index in [0.717, 1.165) is 34.8 Å². The molecule has 2 aromatic carbocycles. The van der Waals surface area contributed by atoms with Crippen LogP contribution in [0.1, 0.15) is 47.2 Å². The second-order valence-corrected chi connectivity index (χ2v) is 9.68. The summed E-state index contributed by atoms with van der Waals surface area (Å²) in [4.78, 5) is 18.4. The molecule has 0 saturated carbocycles. The van der Waals surface area contributed by atoms with Gasteiger partial charge in [0.1, 0.15) is 11.4 Å². The third-order valence-electron chi connectivity index (χ3n) is 7.13. The number of hydrogen-bond acceptors (Lipinski definition) is 5. The predicted molar refractivity (Wildman–Crippen MR) is 152 cm³/mol. The van der Waals surface area contributed by atoms with E-state index >= 15 is 0 Å². The Morgan fingerprint density at radius 1 is 1.11 bits per heavy atom. The maximum absolute atomic E-state index is 12.0. The summed E-state index contributed by atoms with van der Waals surface area (Å²) in [6, 6.07) is 20.9. The SMILES string of the molecule is CCc1ccc(N2C(=S)N[C@@H](c3ccccn3)[C@@H]2c2cc(C)n(-c3ccc(OC)cc3[N+](=O)[O-])c2C)cc1. The van der Waals surface area contributed by atoms with Gasteiger partial charge in [0.25, 0.3) is 5.69 Å². The molecule has 0 amide bonds. The first-order valence-electron chi connectivity index (χ1n) is 12.4. The lowest BCUT2D eigenvalue weighted by Gasteiger charge is -2.28. The number of methoxy groups -OCH3 is 1. The number of benzene rings is 2. The summed E-state index contributed by atoms with van der Waals surface area (Å²) in [5.41, 5.74) is 6.33. The monoisotopic (exact) mass is 527 g/mol. The molecule has 9 heteroatoms. The molecule has 0 unspecified atom stereocenters. The Morgan fingerprint density at radius 3 is 2.50 bits per heavy atom. The predicted octanol–water partition coefficient (Wildman–Crippen LogP) is 6.15. The van der Waals surface area contributed by atoms with Crippen LogP contribution >= 0.6 is 12.2 Å². The van der Waals surface area contributed by atoms with Crippen molar-refractivity contribution in [2.75, 3.05) is 12.0 Å². The van der Waals surface area contributed by atoms with Crippen LogP contribution in [-0.4, -0.2) is 26.7 Å². The van der Waals surface area contributed by atoms with Gasteiger partial charge in [0.15, 0.2) is 5.11 Å². The highest BCUT2D eigenvalue weighted by Gasteiger charge is 2.42. The van der Waals surface area contributed by atoms with Gasteiger partial charge in [-0.15, -0.1) is 0 Å². The van der Waals surface area contributed by atoms with Gasteiger partial charge < -0.3 is 19.5 Å². The average molecular weight is 528 g/mol. The van der Waals surface area contributed by atoms with E-state index in [1.807, 2.05) is 36.6 Å². The number of hydrogen-bond donors (Lipinski definition) is 1. The summed E-state index contributed by atoms with van der Waals surface area (Å²) in [6.45, 7) is 6.08. The Kier molecular flexibility index (Phi) is 6.86. The minimum absolute atomic E-state index is 0.0222. The molecule has 194 valence electrons. The number of nitrogens with zero attached hydrogens (tertiary/aromatic N) is 4. The number of aryl methyl sites for hydroxylation is 2. The van der Waals surface area contributed by atoms with E-state index in [4.69, 9.17) is 17.0 Å². The molecule has 0 aliphatic carbocycles. The van der Waals surface area contributed by atoms with Crippen LogP contribution < -0.4 is 15.0 Å². The number of nitrogens with one attached hydrogen (secondary N) is 1. The van der Waals surface area contributed by atoms with Crippen LogP contribution in [-0.2, 0) is 6.42 Å². The van der Waals surface area contributed by atoms with Crippen LogP contribution in [0.5, 0.6) is 5.75 Å². The molecule has 0 radical (unpaired) electrons. The molecule has 1 saturated heterocycles. The molecule has 38 heavy (non-hydrogen) atoms. The number of nitro benzene ring substituents is 1. The number of pyridine rings is 1. The molecular weight excluding hydrogens is 498 g/mol. The smallest absolute Gasteiger partial charge is 0.296 e. The topological polar surface area (TPSA) is 85.5 Å². The highest BCUT2D eigenvalue weighted by Crippen LogP contribution is 2.44. The van der Waals surface area contributed by atoms with Crippen molar-refractivity contribution in [3.05, 3.63) is 111 Å². The van der Waals surface area contributed by atoms with Gasteiger partial charge >= 0.3 is 0 Å². The Balaban J connectivity index is 1.69. The van der Waals surface area contributed by atoms with Crippen molar-refractivity contribution < 1.29 is 9.66 Å². The van der Waals surface area contributed by atoms with Gasteiger partial charge in [-0.1, -0.05) is 25.1 Å². The molecule has 8 nitrogen and oxygen atoms in total. The van der Waals surface area contributed by atoms with Crippen molar-refractivity contribution >= 4 is 28.7 Å². The standard InChI is InChI=1S/C29H29N5O3S/c1-5-20-9-11-21(12-10-20)33-28(27(31-29(33)38)24-8-6-7-15-30-24)23-16-18(2)32(19(23)3)25-14-13-22(37-4)17-26(25)34(35)36/h6-17,27-28H,5H2,1-4H3,(H,31,38)/t27-,28-/m0/s1. The second kappa shape index (κ2) is 10.3. The van der Waals surface area contributed by atoms with Crippen LogP contribution in [0.15, 0.2) is 72.9 Å². The van der Waals surface area contributed by atoms with Crippen LogP contribution in [0, 0.1) is 24.0 Å². The van der Waals surface area contributed by atoms with Crippen LogP contribution in [0.3, 0.4) is 0 Å². The van der Waals surface area contributed by atoms with Gasteiger partial charge in [-0.05, 0) is 86.1 Å². The molecule has 5 rings (SSSR count). The van der Waals surface area contributed by atoms with Crippen LogP contribution in [0.25, 0.3) is 5.69 Å². The Morgan fingerprint density at radius 2 is 1.87 bits per heavy atom. The normalized spacial score (nSPS) is 16.9. The van der Waals surface area contributed by atoms with Crippen molar-refractivity contribution in [3.8, 4) is 11.4 Å². The van der Waals surface area contributed by atoms with E-state index in [1.54, 1.807) is 18.3 Å². The van der Waals surface area contributed by atoms with Crippen LogP contribution in [0.2, 0.25) is 0 Å². The average Bonchev–Trinajstić information content (AvgIpc) is 3.43. The van der Waals surface area contributed by atoms with Crippen molar-refractivity contribution in [1.29, 1.82) is 0 Å². The first kappa shape index (κ1) is 25.4. The number of rotatable bonds is 7. The number of nitro groups is 1. The highest BCUT2D eigenvalue weighted by atomic mass is 32.1. The van der Waals surface area contributed by atoms with Crippen molar-refractivity contribution in [3.63, 3.8) is 0 Å². The number of thiocarbonyl (C=S) groups is 1. The van der Waals surface area contributed by atoms with Crippen LogP contribution in [0.4, 0.5) is 11.4 Å². The van der Waals surface area contributed by atoms with Gasteiger partial charge in [0.2, 0.25) is 0 Å². The maximum Gasteiger partial charge on any atom is 0.296 e. The largest absolute Gasteiger partial charge is 0.496 e. The lowest BCUT2D eigenvalue weighted by molar-refractivity contribution is -0.384. The van der Waals surface area contributed by atoms with Crippen molar-refractivity contribution in [2.45, 2.75) is 39.3 Å². The quantitative estimate of drug-likeness (QED) is 0.175. The maximum atomic E-state index is 12.0. The van der Waals surface area contributed by atoms with Gasteiger partial charge in [0.05, 0.1) is 35.9 Å². The third kappa shape index (κ3) is 4.39. The van der Waals surface area contributed by atoms with E-state index in [1.165, 1.54) is 18.7 Å². The molecule has 1 aliphatic rings. The number of ether oxygens (including phenoxy) is 1. The molecule has 1 aliphatic heterocycles. The first-order chi connectivity index (χ1) is 18.3. The molecular formula is C29H29N5O3S. The molecule has 1 N–H and O–H groups in total. The lowest BCUT2D eigenvalue weighted by atomic mass is 9.96. The van der Waals surface area contributed by atoms with Crippen molar-refractivity contribution in [2.24, 2.45) is 0 Å². The minimum atomic E-state index is -0.374. The third-order valence-corrected chi connectivity index (χ3v) is 7.44. The molecule has 0 bridgehead atoms. The summed E-state index contributed by atoms with van der Waals surface area (Å²) in [6.07, 6.45) is 2.73. The van der Waals surface area contributed by atoms with E-state index in [2.05, 4.69) is 52.5 Å².